The number of H-pyrrole nitrogens is 1. The molecular formula is C22H31N5O3. The van der Waals surface area contributed by atoms with Gasteiger partial charge in [-0.1, -0.05) is 6.07 Å². The summed E-state index contributed by atoms with van der Waals surface area (Å²) in [7, 11) is 2.16. The number of rotatable bonds is 5. The topological polar surface area (TPSA) is 91.9 Å². The summed E-state index contributed by atoms with van der Waals surface area (Å²) in [4.78, 5) is 35.2. The summed E-state index contributed by atoms with van der Waals surface area (Å²) in [5.41, 5.74) is 1.32. The van der Waals surface area contributed by atoms with Gasteiger partial charge < -0.3 is 25.2 Å². The molecule has 2 amide bonds. The van der Waals surface area contributed by atoms with Crippen LogP contribution in [-0.2, 0) is 4.79 Å². The molecular weight excluding hydrogens is 382 g/mol. The van der Waals surface area contributed by atoms with Crippen LogP contribution in [0, 0.1) is 0 Å². The minimum atomic E-state index is -0.924. The molecule has 3 N–H and O–H groups in total. The highest BCUT2D eigenvalue weighted by atomic mass is 16.3. The first kappa shape index (κ1) is 20.8. The van der Waals surface area contributed by atoms with Crippen molar-refractivity contribution in [1.29, 1.82) is 0 Å². The number of hydrogen-bond donors (Lipinski definition) is 3. The first-order chi connectivity index (χ1) is 14.5. The number of aliphatic hydroxyl groups is 1. The largest absolute Gasteiger partial charge is 0.394 e. The van der Waals surface area contributed by atoms with Crippen LogP contribution < -0.4 is 5.32 Å². The van der Waals surface area contributed by atoms with Gasteiger partial charge in [-0.15, -0.1) is 0 Å². The second-order valence-electron chi connectivity index (χ2n) is 8.38. The molecule has 2 saturated heterocycles. The zero-order valence-electron chi connectivity index (χ0n) is 17.5. The van der Waals surface area contributed by atoms with Gasteiger partial charge >= 0.3 is 0 Å². The molecule has 2 aliphatic heterocycles. The summed E-state index contributed by atoms with van der Waals surface area (Å²) in [6.07, 6.45) is 4.16. The van der Waals surface area contributed by atoms with Gasteiger partial charge in [-0.2, -0.15) is 0 Å². The highest BCUT2D eigenvalue weighted by Gasteiger charge is 2.31. The first-order valence-corrected chi connectivity index (χ1v) is 10.8. The van der Waals surface area contributed by atoms with Crippen LogP contribution in [0.1, 0.15) is 23.2 Å². The van der Waals surface area contributed by atoms with E-state index in [-0.39, 0.29) is 11.8 Å². The van der Waals surface area contributed by atoms with Crippen LogP contribution >= 0.6 is 0 Å². The van der Waals surface area contributed by atoms with E-state index in [4.69, 9.17) is 0 Å². The van der Waals surface area contributed by atoms with Crippen molar-refractivity contribution in [1.82, 2.24) is 25.0 Å². The molecule has 1 aromatic heterocycles. The number of piperidine rings is 1. The van der Waals surface area contributed by atoms with E-state index < -0.39 is 12.6 Å². The van der Waals surface area contributed by atoms with Crippen molar-refractivity contribution >= 4 is 22.7 Å². The van der Waals surface area contributed by atoms with E-state index in [1.165, 1.54) is 12.8 Å². The molecule has 1 atom stereocenters. The minimum absolute atomic E-state index is 0.213. The fraction of sp³-hybridized carbons (Fsp3) is 0.545. The molecule has 0 saturated carbocycles. The fourth-order valence-corrected chi connectivity index (χ4v) is 4.50. The maximum absolute atomic E-state index is 12.9. The number of nitrogens with one attached hydrogen (secondary N) is 2. The molecule has 2 fully saturated rings. The third kappa shape index (κ3) is 4.50. The number of carbonyl (C=O) groups excluding carboxylic acids is 2. The summed E-state index contributed by atoms with van der Waals surface area (Å²) in [5, 5.41) is 13.5. The molecule has 0 spiro atoms. The Morgan fingerprint density at radius 2 is 1.87 bits per heavy atom. The van der Waals surface area contributed by atoms with E-state index in [1.807, 2.05) is 18.3 Å². The van der Waals surface area contributed by atoms with Gasteiger partial charge in [0, 0.05) is 49.5 Å². The fourth-order valence-electron chi connectivity index (χ4n) is 4.50. The maximum Gasteiger partial charge on any atom is 0.252 e. The number of nitrogens with zero attached hydrogens (tertiary/aromatic N) is 3. The summed E-state index contributed by atoms with van der Waals surface area (Å²) in [5.74, 6) is -0.571. The molecule has 0 radical (unpaired) electrons. The Hall–Kier alpha value is -2.42. The number of benzene rings is 1. The molecule has 1 aromatic carbocycles. The quantitative estimate of drug-likeness (QED) is 0.664. The van der Waals surface area contributed by atoms with Gasteiger partial charge in [0.15, 0.2) is 0 Å². The van der Waals surface area contributed by atoms with Crippen molar-refractivity contribution in [3.63, 3.8) is 0 Å². The van der Waals surface area contributed by atoms with Crippen molar-refractivity contribution in [2.24, 2.45) is 0 Å². The number of carbonyl (C=O) groups is 2. The maximum atomic E-state index is 12.9. The Morgan fingerprint density at radius 1 is 1.13 bits per heavy atom. The molecule has 0 aliphatic carbocycles. The first-order valence-electron chi connectivity index (χ1n) is 10.8. The normalized spacial score (nSPS) is 20.4. The van der Waals surface area contributed by atoms with E-state index in [1.54, 1.807) is 17.0 Å². The minimum Gasteiger partial charge on any atom is -0.394 e. The lowest BCUT2D eigenvalue weighted by atomic mass is 10.0. The van der Waals surface area contributed by atoms with Gasteiger partial charge in [-0.05, 0) is 56.6 Å². The Morgan fingerprint density at radius 3 is 2.57 bits per heavy atom. The van der Waals surface area contributed by atoms with Crippen LogP contribution in [0.2, 0.25) is 0 Å². The van der Waals surface area contributed by atoms with Gasteiger partial charge in [-0.25, -0.2) is 0 Å². The number of aromatic nitrogens is 1. The molecule has 2 aromatic rings. The van der Waals surface area contributed by atoms with Crippen molar-refractivity contribution < 1.29 is 14.7 Å². The van der Waals surface area contributed by atoms with Crippen LogP contribution in [-0.4, -0.2) is 102 Å². The van der Waals surface area contributed by atoms with Gasteiger partial charge in [0.25, 0.3) is 5.91 Å². The van der Waals surface area contributed by atoms with E-state index in [9.17, 15) is 14.7 Å². The van der Waals surface area contributed by atoms with E-state index in [0.29, 0.717) is 24.7 Å². The van der Waals surface area contributed by atoms with Crippen LogP contribution in [0.5, 0.6) is 0 Å². The third-order valence-corrected chi connectivity index (χ3v) is 6.43. The number of likely N-dealkylation sites (tertiary alicyclic amines) is 1. The zero-order chi connectivity index (χ0) is 21.1. The number of fused-ring (bicyclic) bond motifs is 1. The Balaban J connectivity index is 1.32. The molecule has 2 aliphatic rings. The van der Waals surface area contributed by atoms with Gasteiger partial charge in [-0.3, -0.25) is 14.5 Å². The zero-order valence-corrected chi connectivity index (χ0v) is 17.5. The highest BCUT2D eigenvalue weighted by molar-refractivity contribution is 6.00. The summed E-state index contributed by atoms with van der Waals surface area (Å²) < 4.78 is 0. The highest BCUT2D eigenvalue weighted by Crippen LogP contribution is 2.18. The van der Waals surface area contributed by atoms with Gasteiger partial charge in [0.2, 0.25) is 5.91 Å². The van der Waals surface area contributed by atoms with Crippen LogP contribution in [0.15, 0.2) is 30.5 Å². The van der Waals surface area contributed by atoms with Crippen molar-refractivity contribution in [3.05, 3.63) is 36.0 Å². The van der Waals surface area contributed by atoms with Crippen LogP contribution in [0.3, 0.4) is 0 Å². The Bertz CT molecular complexity index is 882. The Labute approximate surface area is 176 Å². The predicted octanol–water partition coefficient (Wildman–Crippen LogP) is 0.497. The smallest absolute Gasteiger partial charge is 0.252 e. The number of amides is 2. The lowest BCUT2D eigenvalue weighted by molar-refractivity contribution is -0.136. The van der Waals surface area contributed by atoms with Crippen LogP contribution in [0.4, 0.5) is 0 Å². The molecule has 4 rings (SSSR count). The average Bonchev–Trinajstić information content (AvgIpc) is 3.25. The number of piperazine rings is 1. The summed E-state index contributed by atoms with van der Waals surface area (Å²) in [6, 6.07) is 6.94. The van der Waals surface area contributed by atoms with E-state index in [0.717, 1.165) is 37.1 Å². The van der Waals surface area contributed by atoms with Crippen LogP contribution in [0.25, 0.3) is 10.9 Å². The molecule has 0 unspecified atom stereocenters. The van der Waals surface area contributed by atoms with Crippen molar-refractivity contribution in [3.8, 4) is 0 Å². The molecule has 162 valence electrons. The third-order valence-electron chi connectivity index (χ3n) is 6.43. The van der Waals surface area contributed by atoms with E-state index >= 15 is 0 Å². The summed E-state index contributed by atoms with van der Waals surface area (Å²) >= 11 is 0. The monoisotopic (exact) mass is 413 g/mol. The molecule has 3 heterocycles. The Kier molecular flexibility index (Phi) is 6.36. The second-order valence-corrected chi connectivity index (χ2v) is 8.38. The molecule has 8 nitrogen and oxygen atoms in total. The lowest BCUT2D eigenvalue weighted by Gasteiger charge is -2.42. The number of aliphatic hydroxyl groups excluding tert-OH is 1. The second kappa shape index (κ2) is 9.16. The molecule has 30 heavy (non-hydrogen) atoms. The predicted molar refractivity (Wildman–Crippen MR) is 115 cm³/mol. The standard InChI is InChI=1S/C22H31N5O3/c1-25-8-5-18(6-9-25)26-10-12-27(13-11-26)22(30)20(15-28)24-21(29)17-3-2-16-4-7-23-19(16)14-17/h2-4,7,14,18,20,23,28H,5-6,8-13,15H2,1H3,(H,24,29)/t20-/m0/s1. The van der Waals surface area contributed by atoms with E-state index in [2.05, 4.69) is 27.1 Å². The van der Waals surface area contributed by atoms with Crippen molar-refractivity contribution in [2.75, 3.05) is 52.9 Å². The number of hydrogen-bond acceptors (Lipinski definition) is 5. The SMILES string of the molecule is CN1CCC(N2CCN(C(=O)[C@H](CO)NC(=O)c3ccc4cc[nH]c4c3)CC2)CC1. The lowest BCUT2D eigenvalue weighted by Crippen LogP contribution is -2.58. The molecule has 0 bridgehead atoms. The number of aromatic amines is 1. The molecule has 8 heteroatoms. The van der Waals surface area contributed by atoms with Crippen molar-refractivity contribution in [2.45, 2.75) is 24.9 Å². The summed E-state index contributed by atoms with van der Waals surface area (Å²) in [6.45, 7) is 4.78. The van der Waals surface area contributed by atoms with Gasteiger partial charge in [0.1, 0.15) is 6.04 Å². The average molecular weight is 414 g/mol. The van der Waals surface area contributed by atoms with Gasteiger partial charge in [0.05, 0.1) is 6.61 Å².